The maximum absolute atomic E-state index is 9.17. The van der Waals surface area contributed by atoms with Gasteiger partial charge < -0.3 is 25.4 Å². The fourth-order valence-corrected chi connectivity index (χ4v) is 4.63. The molecule has 4 heterocycles. The van der Waals surface area contributed by atoms with Crippen LogP contribution >= 0.6 is 11.6 Å². The van der Waals surface area contributed by atoms with E-state index in [0.717, 1.165) is 48.9 Å². The molecular weight excluding hydrogens is 504 g/mol. The summed E-state index contributed by atoms with van der Waals surface area (Å²) in [5.74, 6) is 1.36. The van der Waals surface area contributed by atoms with Crippen molar-refractivity contribution in [3.8, 4) is 17.1 Å². The number of hydrogen-bond donors (Lipinski definition) is 3. The van der Waals surface area contributed by atoms with E-state index in [9.17, 15) is 0 Å². The van der Waals surface area contributed by atoms with Crippen LogP contribution in [0.3, 0.4) is 0 Å². The van der Waals surface area contributed by atoms with Gasteiger partial charge in [0.1, 0.15) is 5.69 Å². The molecule has 3 N–H and O–H groups in total. The second kappa shape index (κ2) is 12.0. The number of nitrogens with one attached hydrogen (secondary N) is 2. The van der Waals surface area contributed by atoms with Crippen molar-refractivity contribution in [2.45, 2.75) is 0 Å². The topological polar surface area (TPSA) is 112 Å². The molecule has 1 aromatic carbocycles. The first-order valence-corrected chi connectivity index (χ1v) is 12.7. The Bertz CT molecular complexity index is 1370. The summed E-state index contributed by atoms with van der Waals surface area (Å²) < 4.78 is 5.50. The van der Waals surface area contributed by atoms with Crippen molar-refractivity contribution < 1.29 is 9.84 Å². The van der Waals surface area contributed by atoms with Gasteiger partial charge in [-0.15, -0.1) is 0 Å². The van der Waals surface area contributed by atoms with Crippen LogP contribution in [0.15, 0.2) is 67.1 Å². The highest BCUT2D eigenvalue weighted by molar-refractivity contribution is 6.33. The van der Waals surface area contributed by atoms with Crippen molar-refractivity contribution in [2.75, 3.05) is 62.0 Å². The molecule has 3 aromatic heterocycles. The second-order valence-electron chi connectivity index (χ2n) is 8.69. The molecular formula is C27H29ClN8O2. The molecule has 5 rings (SSSR count). The quantitative estimate of drug-likeness (QED) is 0.290. The van der Waals surface area contributed by atoms with Gasteiger partial charge in [-0.1, -0.05) is 17.7 Å². The predicted molar refractivity (Wildman–Crippen MR) is 150 cm³/mol. The third kappa shape index (κ3) is 5.94. The van der Waals surface area contributed by atoms with Crippen molar-refractivity contribution in [2.24, 2.45) is 0 Å². The fourth-order valence-electron chi connectivity index (χ4n) is 4.33. The number of hydrogen-bond acceptors (Lipinski definition) is 10. The Morgan fingerprint density at radius 1 is 0.974 bits per heavy atom. The molecule has 1 fully saturated rings. The number of aromatic nitrogens is 4. The zero-order valence-corrected chi connectivity index (χ0v) is 21.8. The first-order chi connectivity index (χ1) is 18.6. The zero-order valence-electron chi connectivity index (χ0n) is 21.0. The lowest BCUT2D eigenvalue weighted by Gasteiger charge is -2.36. The van der Waals surface area contributed by atoms with Crippen LogP contribution in [-0.2, 0) is 0 Å². The molecule has 1 aliphatic heterocycles. The maximum atomic E-state index is 9.17. The minimum atomic E-state index is 0.180. The van der Waals surface area contributed by atoms with Gasteiger partial charge in [-0.2, -0.15) is 4.98 Å². The molecule has 196 valence electrons. The number of halogens is 1. The van der Waals surface area contributed by atoms with Gasteiger partial charge in [0, 0.05) is 50.8 Å². The van der Waals surface area contributed by atoms with Gasteiger partial charge >= 0.3 is 0 Å². The molecule has 0 radical (unpaired) electrons. The Kier molecular flexibility index (Phi) is 8.12. The number of pyridine rings is 2. The molecule has 10 nitrogen and oxygen atoms in total. The normalized spacial score (nSPS) is 13.8. The SMILES string of the molecule is COc1cnc(Nc2ccc(N3CCN(CCO)CC3)c(Cl)c2)nc1Nc1cccnc1-c1ccccn1. The average molecular weight is 533 g/mol. The van der Waals surface area contributed by atoms with Crippen LogP contribution in [0.4, 0.5) is 28.8 Å². The van der Waals surface area contributed by atoms with E-state index in [2.05, 4.69) is 40.4 Å². The molecule has 0 atom stereocenters. The molecule has 0 unspecified atom stereocenters. The van der Waals surface area contributed by atoms with E-state index in [1.54, 1.807) is 25.7 Å². The number of piperazine rings is 1. The summed E-state index contributed by atoms with van der Waals surface area (Å²) in [4.78, 5) is 22.5. The lowest BCUT2D eigenvalue weighted by atomic mass is 10.2. The molecule has 0 amide bonds. The highest BCUT2D eigenvalue weighted by atomic mass is 35.5. The number of rotatable bonds is 9. The zero-order chi connectivity index (χ0) is 26.3. The van der Waals surface area contributed by atoms with Crippen molar-refractivity contribution in [3.63, 3.8) is 0 Å². The monoisotopic (exact) mass is 532 g/mol. The van der Waals surface area contributed by atoms with E-state index in [4.69, 9.17) is 21.4 Å². The number of β-amino-alcohol motifs (C(OH)–C–C–N with tert-alkyl or cyclic N) is 1. The van der Waals surface area contributed by atoms with Crippen LogP contribution in [0, 0.1) is 0 Å². The van der Waals surface area contributed by atoms with Crippen LogP contribution in [0.25, 0.3) is 11.4 Å². The number of aliphatic hydroxyl groups is 1. The summed E-state index contributed by atoms with van der Waals surface area (Å²) in [5, 5.41) is 16.4. The highest BCUT2D eigenvalue weighted by Crippen LogP contribution is 2.33. The van der Waals surface area contributed by atoms with E-state index in [0.29, 0.717) is 34.8 Å². The van der Waals surface area contributed by atoms with E-state index in [-0.39, 0.29) is 6.61 Å². The van der Waals surface area contributed by atoms with Crippen molar-refractivity contribution in [3.05, 3.63) is 72.1 Å². The Hall–Kier alpha value is -3.99. The third-order valence-electron chi connectivity index (χ3n) is 6.28. The van der Waals surface area contributed by atoms with Gasteiger partial charge in [-0.3, -0.25) is 14.9 Å². The molecule has 4 aromatic rings. The Morgan fingerprint density at radius 3 is 2.55 bits per heavy atom. The predicted octanol–water partition coefficient (Wildman–Crippen LogP) is 4.20. The summed E-state index contributed by atoms with van der Waals surface area (Å²) in [6.45, 7) is 4.39. The maximum Gasteiger partial charge on any atom is 0.229 e. The van der Waals surface area contributed by atoms with Gasteiger partial charge in [-0.25, -0.2) is 4.98 Å². The lowest BCUT2D eigenvalue weighted by molar-refractivity contribution is 0.189. The van der Waals surface area contributed by atoms with Gasteiger partial charge in [0.2, 0.25) is 5.95 Å². The van der Waals surface area contributed by atoms with Crippen molar-refractivity contribution in [1.82, 2.24) is 24.8 Å². The third-order valence-corrected chi connectivity index (χ3v) is 6.58. The number of ether oxygens (including phenoxy) is 1. The Labute approximate surface area is 226 Å². The summed E-state index contributed by atoms with van der Waals surface area (Å²) >= 11 is 6.67. The smallest absolute Gasteiger partial charge is 0.229 e. The first-order valence-electron chi connectivity index (χ1n) is 12.3. The van der Waals surface area contributed by atoms with Gasteiger partial charge in [0.25, 0.3) is 0 Å². The second-order valence-corrected chi connectivity index (χ2v) is 9.10. The van der Waals surface area contributed by atoms with E-state index < -0.39 is 0 Å². The van der Waals surface area contributed by atoms with Crippen LogP contribution in [0.1, 0.15) is 0 Å². The molecule has 1 saturated heterocycles. The minimum absolute atomic E-state index is 0.180. The average Bonchev–Trinajstić information content (AvgIpc) is 2.95. The number of benzene rings is 1. The van der Waals surface area contributed by atoms with Gasteiger partial charge in [0.15, 0.2) is 11.6 Å². The summed E-state index contributed by atoms with van der Waals surface area (Å²) in [6, 6.07) is 15.3. The Morgan fingerprint density at radius 2 is 1.82 bits per heavy atom. The molecule has 0 spiro atoms. The van der Waals surface area contributed by atoms with Crippen molar-refractivity contribution in [1.29, 1.82) is 0 Å². The first kappa shape index (κ1) is 25.7. The molecule has 0 aliphatic carbocycles. The molecule has 1 aliphatic rings. The van der Waals surface area contributed by atoms with Crippen LogP contribution in [0.5, 0.6) is 5.75 Å². The molecule has 11 heteroatoms. The van der Waals surface area contributed by atoms with E-state index in [1.165, 1.54) is 0 Å². The molecule has 38 heavy (non-hydrogen) atoms. The minimum Gasteiger partial charge on any atom is -0.491 e. The number of nitrogens with zero attached hydrogens (tertiary/aromatic N) is 6. The highest BCUT2D eigenvalue weighted by Gasteiger charge is 2.19. The largest absolute Gasteiger partial charge is 0.491 e. The molecule has 0 bridgehead atoms. The summed E-state index contributed by atoms with van der Waals surface area (Å²) in [7, 11) is 1.57. The fraction of sp³-hybridized carbons (Fsp3) is 0.259. The van der Waals surface area contributed by atoms with E-state index >= 15 is 0 Å². The van der Waals surface area contributed by atoms with Crippen LogP contribution in [-0.4, -0.2) is 76.4 Å². The molecule has 0 saturated carbocycles. The van der Waals surface area contributed by atoms with E-state index in [1.807, 2.05) is 48.5 Å². The van der Waals surface area contributed by atoms with Crippen LogP contribution < -0.4 is 20.3 Å². The van der Waals surface area contributed by atoms with Crippen LogP contribution in [0.2, 0.25) is 5.02 Å². The summed E-state index contributed by atoms with van der Waals surface area (Å²) in [6.07, 6.45) is 5.06. The van der Waals surface area contributed by atoms with Gasteiger partial charge in [0.05, 0.1) is 42.0 Å². The standard InChI is InChI=1S/C27H29ClN8O2/c1-38-24-18-31-27(34-26(24)33-22-6-4-10-30-25(22)21-5-2-3-9-29-21)32-19-7-8-23(20(28)17-19)36-13-11-35(12-14-36)15-16-37/h2-10,17-18,37H,11-16H2,1H3,(H2,31,32,33,34). The lowest BCUT2D eigenvalue weighted by Crippen LogP contribution is -2.47. The number of aliphatic hydroxyl groups excluding tert-OH is 1. The van der Waals surface area contributed by atoms with Crippen molar-refractivity contribution >= 4 is 40.4 Å². The number of anilines is 5. The Balaban J connectivity index is 1.33. The number of methoxy groups -OCH3 is 1. The summed E-state index contributed by atoms with van der Waals surface area (Å²) in [5.41, 5.74) is 3.93. The van der Waals surface area contributed by atoms with Gasteiger partial charge in [-0.05, 0) is 42.5 Å².